The number of nitrogen functional groups attached to an aromatic ring is 1. The maximum atomic E-state index is 13.2. The SMILES string of the molecule is Nc1cc(F)c(F)cc1C(=O)OCc1cc(F)cc(Br)c1. The van der Waals surface area contributed by atoms with Gasteiger partial charge in [-0.2, -0.15) is 0 Å². The van der Waals surface area contributed by atoms with Crippen molar-refractivity contribution in [1.82, 2.24) is 0 Å². The van der Waals surface area contributed by atoms with Crippen molar-refractivity contribution >= 4 is 27.6 Å². The highest BCUT2D eigenvalue weighted by Gasteiger charge is 2.16. The van der Waals surface area contributed by atoms with Crippen LogP contribution < -0.4 is 5.73 Å². The van der Waals surface area contributed by atoms with Crippen LogP contribution >= 0.6 is 15.9 Å². The summed E-state index contributed by atoms with van der Waals surface area (Å²) in [6, 6.07) is 5.36. The highest BCUT2D eigenvalue weighted by molar-refractivity contribution is 9.10. The number of halogens is 4. The van der Waals surface area contributed by atoms with Gasteiger partial charge in [0, 0.05) is 16.2 Å². The van der Waals surface area contributed by atoms with Crippen LogP contribution in [0.15, 0.2) is 34.8 Å². The van der Waals surface area contributed by atoms with E-state index in [1.807, 2.05) is 0 Å². The number of ether oxygens (including phenoxy) is 1. The number of benzene rings is 2. The monoisotopic (exact) mass is 359 g/mol. The molecule has 0 aliphatic heterocycles. The van der Waals surface area contributed by atoms with Crippen LogP contribution in [0.4, 0.5) is 18.9 Å². The molecule has 0 aliphatic carbocycles. The Morgan fingerprint density at radius 1 is 1.10 bits per heavy atom. The summed E-state index contributed by atoms with van der Waals surface area (Å²) in [5.74, 6) is -3.78. The molecule has 2 rings (SSSR count). The number of hydrogen-bond donors (Lipinski definition) is 1. The third-order valence-corrected chi connectivity index (χ3v) is 3.06. The van der Waals surface area contributed by atoms with E-state index >= 15 is 0 Å². The highest BCUT2D eigenvalue weighted by atomic mass is 79.9. The average Bonchev–Trinajstić information content (AvgIpc) is 2.39. The molecule has 0 bridgehead atoms. The summed E-state index contributed by atoms with van der Waals surface area (Å²) < 4.78 is 44.5. The summed E-state index contributed by atoms with van der Waals surface area (Å²) in [4.78, 5) is 11.8. The van der Waals surface area contributed by atoms with Crippen molar-refractivity contribution in [1.29, 1.82) is 0 Å². The Morgan fingerprint density at radius 2 is 1.76 bits per heavy atom. The van der Waals surface area contributed by atoms with Gasteiger partial charge in [-0.1, -0.05) is 15.9 Å². The second kappa shape index (κ2) is 6.17. The minimum atomic E-state index is -1.20. The van der Waals surface area contributed by atoms with Gasteiger partial charge >= 0.3 is 5.97 Å². The standard InChI is InChI=1S/C14H9BrF3NO2/c15-8-1-7(2-9(16)3-8)6-21-14(20)10-4-11(17)12(18)5-13(10)19/h1-5H,6,19H2. The summed E-state index contributed by atoms with van der Waals surface area (Å²) in [5, 5.41) is 0. The van der Waals surface area contributed by atoms with E-state index in [1.54, 1.807) is 6.07 Å². The number of rotatable bonds is 3. The zero-order valence-corrected chi connectivity index (χ0v) is 12.1. The van der Waals surface area contributed by atoms with Gasteiger partial charge in [0.25, 0.3) is 0 Å². The third-order valence-electron chi connectivity index (χ3n) is 2.60. The van der Waals surface area contributed by atoms with Crippen LogP contribution in [0, 0.1) is 17.5 Å². The van der Waals surface area contributed by atoms with E-state index in [-0.39, 0.29) is 17.9 Å². The normalized spacial score (nSPS) is 10.5. The molecule has 2 N–H and O–H groups in total. The van der Waals surface area contributed by atoms with Crippen molar-refractivity contribution in [2.45, 2.75) is 6.61 Å². The van der Waals surface area contributed by atoms with Crippen molar-refractivity contribution in [3.63, 3.8) is 0 Å². The molecule has 0 unspecified atom stereocenters. The molecule has 0 saturated heterocycles. The zero-order chi connectivity index (χ0) is 15.6. The molecule has 0 aromatic heterocycles. The largest absolute Gasteiger partial charge is 0.457 e. The van der Waals surface area contributed by atoms with E-state index in [0.717, 1.165) is 0 Å². The van der Waals surface area contributed by atoms with Gasteiger partial charge in [0.15, 0.2) is 11.6 Å². The average molecular weight is 360 g/mol. The molecule has 0 radical (unpaired) electrons. The molecule has 0 aliphatic rings. The Labute approximate surface area is 126 Å². The first-order valence-electron chi connectivity index (χ1n) is 5.73. The van der Waals surface area contributed by atoms with E-state index in [0.29, 0.717) is 22.2 Å². The number of carbonyl (C=O) groups excluding carboxylic acids is 1. The van der Waals surface area contributed by atoms with E-state index in [4.69, 9.17) is 10.5 Å². The molecule has 7 heteroatoms. The Balaban J connectivity index is 2.13. The second-order valence-electron chi connectivity index (χ2n) is 4.21. The first-order valence-corrected chi connectivity index (χ1v) is 6.52. The van der Waals surface area contributed by atoms with Crippen LogP contribution in [0.2, 0.25) is 0 Å². The van der Waals surface area contributed by atoms with Crippen LogP contribution in [0.5, 0.6) is 0 Å². The van der Waals surface area contributed by atoms with Crippen LogP contribution in [0.1, 0.15) is 15.9 Å². The quantitative estimate of drug-likeness (QED) is 0.669. The predicted octanol–water partition coefficient (Wildman–Crippen LogP) is 3.81. The molecule has 21 heavy (non-hydrogen) atoms. The number of anilines is 1. The Hall–Kier alpha value is -2.02. The molecule has 0 atom stereocenters. The van der Waals surface area contributed by atoms with Crippen molar-refractivity contribution in [2.24, 2.45) is 0 Å². The van der Waals surface area contributed by atoms with Crippen molar-refractivity contribution in [3.8, 4) is 0 Å². The topological polar surface area (TPSA) is 52.3 Å². The van der Waals surface area contributed by atoms with Crippen molar-refractivity contribution < 1.29 is 22.7 Å². The van der Waals surface area contributed by atoms with E-state index in [2.05, 4.69) is 15.9 Å². The molecule has 0 saturated carbocycles. The summed E-state index contributed by atoms with van der Waals surface area (Å²) in [6.07, 6.45) is 0. The maximum absolute atomic E-state index is 13.2. The molecular formula is C14H9BrF3NO2. The van der Waals surface area contributed by atoms with E-state index < -0.39 is 23.4 Å². The fraction of sp³-hybridized carbons (Fsp3) is 0.0714. The second-order valence-corrected chi connectivity index (χ2v) is 5.12. The number of carbonyl (C=O) groups is 1. The molecule has 0 amide bonds. The van der Waals surface area contributed by atoms with Gasteiger partial charge in [-0.05, 0) is 29.8 Å². The summed E-state index contributed by atoms with van der Waals surface area (Å²) in [7, 11) is 0. The number of hydrogen-bond acceptors (Lipinski definition) is 3. The molecule has 0 heterocycles. The third kappa shape index (κ3) is 3.75. The van der Waals surface area contributed by atoms with Crippen LogP contribution in [-0.4, -0.2) is 5.97 Å². The van der Waals surface area contributed by atoms with Crippen molar-refractivity contribution in [2.75, 3.05) is 5.73 Å². The van der Waals surface area contributed by atoms with Gasteiger partial charge < -0.3 is 10.5 Å². The zero-order valence-electron chi connectivity index (χ0n) is 10.5. The Kier molecular flexibility index (Phi) is 4.52. The fourth-order valence-electron chi connectivity index (χ4n) is 1.66. The Bertz CT molecular complexity index is 687. The molecule has 2 aromatic rings. The van der Waals surface area contributed by atoms with Gasteiger partial charge in [0.2, 0.25) is 0 Å². The molecule has 0 spiro atoms. The number of esters is 1. The fourth-order valence-corrected chi connectivity index (χ4v) is 2.17. The smallest absolute Gasteiger partial charge is 0.340 e. The lowest BCUT2D eigenvalue weighted by molar-refractivity contribution is 0.0473. The maximum Gasteiger partial charge on any atom is 0.340 e. The van der Waals surface area contributed by atoms with Crippen LogP contribution in [0.3, 0.4) is 0 Å². The first kappa shape index (κ1) is 15.4. The van der Waals surface area contributed by atoms with Crippen molar-refractivity contribution in [3.05, 3.63) is 63.4 Å². The molecule has 110 valence electrons. The first-order chi connectivity index (χ1) is 9.86. The van der Waals surface area contributed by atoms with Gasteiger partial charge in [-0.15, -0.1) is 0 Å². The molecule has 2 aromatic carbocycles. The van der Waals surface area contributed by atoms with Crippen LogP contribution in [-0.2, 0) is 11.3 Å². The van der Waals surface area contributed by atoms with Crippen LogP contribution in [0.25, 0.3) is 0 Å². The lowest BCUT2D eigenvalue weighted by atomic mass is 10.1. The predicted molar refractivity (Wildman–Crippen MR) is 74.0 cm³/mol. The highest BCUT2D eigenvalue weighted by Crippen LogP contribution is 2.20. The van der Waals surface area contributed by atoms with Gasteiger partial charge in [0.1, 0.15) is 12.4 Å². The summed E-state index contributed by atoms with van der Waals surface area (Å²) in [5.41, 5.74) is 5.31. The molecular weight excluding hydrogens is 351 g/mol. The van der Waals surface area contributed by atoms with Gasteiger partial charge in [-0.3, -0.25) is 0 Å². The lowest BCUT2D eigenvalue weighted by Crippen LogP contribution is -2.09. The minimum Gasteiger partial charge on any atom is -0.457 e. The minimum absolute atomic E-state index is 0.229. The molecule has 0 fully saturated rings. The Morgan fingerprint density at radius 3 is 2.43 bits per heavy atom. The summed E-state index contributed by atoms with van der Waals surface area (Å²) in [6.45, 7) is -0.229. The molecule has 3 nitrogen and oxygen atoms in total. The van der Waals surface area contributed by atoms with Gasteiger partial charge in [0.05, 0.1) is 5.56 Å². The summed E-state index contributed by atoms with van der Waals surface area (Å²) >= 11 is 3.10. The lowest BCUT2D eigenvalue weighted by Gasteiger charge is -2.08. The van der Waals surface area contributed by atoms with E-state index in [1.165, 1.54) is 12.1 Å². The van der Waals surface area contributed by atoms with Gasteiger partial charge in [-0.25, -0.2) is 18.0 Å². The van der Waals surface area contributed by atoms with E-state index in [9.17, 15) is 18.0 Å². The number of nitrogens with two attached hydrogens (primary N) is 1.